The molecule has 0 amide bonds. The van der Waals surface area contributed by atoms with Gasteiger partial charge in [-0.25, -0.2) is 24.1 Å². The number of rotatable bonds is 16. The lowest BCUT2D eigenvalue weighted by Crippen LogP contribution is -2.31. The zero-order chi connectivity index (χ0) is 40.7. The third-order valence-electron chi connectivity index (χ3n) is 10.9. The van der Waals surface area contributed by atoms with Crippen molar-refractivity contribution in [3.05, 3.63) is 44.7 Å². The number of carbonyl (C=O) groups is 2. The lowest BCUT2D eigenvalue weighted by molar-refractivity contribution is 0.0693. The van der Waals surface area contributed by atoms with Crippen LogP contribution in [0, 0.1) is 5.92 Å². The van der Waals surface area contributed by atoms with Crippen LogP contribution in [0.2, 0.25) is 51.4 Å². The number of carboxylic acid groups (broad SMARTS) is 1. The largest absolute Gasteiger partial charge is 0.478 e. The van der Waals surface area contributed by atoms with E-state index in [9.17, 15) is 14.7 Å². The predicted octanol–water partition coefficient (Wildman–Crippen LogP) is 9.01. The summed E-state index contributed by atoms with van der Waals surface area (Å²) >= 11 is 3.31. The zero-order valence-electron chi connectivity index (χ0n) is 35.2. The molecule has 5 heterocycles. The molecule has 1 aliphatic heterocycles. The van der Waals surface area contributed by atoms with E-state index in [2.05, 4.69) is 61.3 Å². The molecule has 4 aromatic heterocycles. The number of aromatic carboxylic acids is 1. The Hall–Kier alpha value is -2.87. The van der Waals surface area contributed by atoms with Crippen LogP contribution in [-0.2, 0) is 48.6 Å². The van der Waals surface area contributed by atoms with Crippen molar-refractivity contribution in [3.8, 4) is 21.4 Å². The van der Waals surface area contributed by atoms with Crippen LogP contribution in [0.1, 0.15) is 86.8 Å². The topological polar surface area (TPSA) is 137 Å². The second-order valence-corrected chi connectivity index (χ2v) is 31.8. The second kappa shape index (κ2) is 19.5. The molecule has 0 spiro atoms. The third-order valence-corrected chi connectivity index (χ3v) is 16.6. The lowest BCUT2D eigenvalue weighted by Gasteiger charge is -2.28. The molecule has 0 aromatic carbocycles. The van der Waals surface area contributed by atoms with E-state index in [1.807, 2.05) is 10.9 Å². The van der Waals surface area contributed by atoms with Crippen molar-refractivity contribution < 1.29 is 24.2 Å². The molecule has 16 heteroatoms. The van der Waals surface area contributed by atoms with Crippen molar-refractivity contribution in [1.82, 2.24) is 34.4 Å². The van der Waals surface area contributed by atoms with E-state index in [1.54, 1.807) is 33.6 Å². The number of ketones is 1. The van der Waals surface area contributed by atoms with Crippen molar-refractivity contribution in [3.63, 3.8) is 0 Å². The van der Waals surface area contributed by atoms with Crippen molar-refractivity contribution in [2.24, 2.45) is 5.92 Å². The molecule has 4 aromatic rings. The molecular formula is C41H63N7O5S2Si2. The lowest BCUT2D eigenvalue weighted by atomic mass is 9.90. The quantitative estimate of drug-likeness (QED) is 0.0661. The number of hydrogen-bond acceptors (Lipinski definition) is 11. The van der Waals surface area contributed by atoms with Gasteiger partial charge in [0.1, 0.15) is 40.4 Å². The fourth-order valence-electron chi connectivity index (χ4n) is 7.27. The molecule has 1 saturated heterocycles. The Bertz CT molecular complexity index is 1920. The summed E-state index contributed by atoms with van der Waals surface area (Å²) in [4.78, 5) is 39.5. The second-order valence-electron chi connectivity index (χ2n) is 18.4. The molecule has 0 saturated carbocycles. The predicted molar refractivity (Wildman–Crippen MR) is 234 cm³/mol. The van der Waals surface area contributed by atoms with E-state index in [1.165, 1.54) is 34.7 Å². The highest BCUT2D eigenvalue weighted by atomic mass is 32.1. The van der Waals surface area contributed by atoms with Gasteiger partial charge in [-0.05, 0) is 102 Å². The van der Waals surface area contributed by atoms with Crippen LogP contribution in [-0.4, -0.2) is 101 Å². The van der Waals surface area contributed by atoms with Gasteiger partial charge in [0.2, 0.25) is 0 Å². The van der Waals surface area contributed by atoms with Crippen LogP contribution in [0.4, 0.5) is 0 Å². The van der Waals surface area contributed by atoms with Gasteiger partial charge in [0.25, 0.3) is 0 Å². The highest BCUT2D eigenvalue weighted by Gasteiger charge is 2.27. The van der Waals surface area contributed by atoms with E-state index < -0.39 is 22.1 Å². The van der Waals surface area contributed by atoms with Crippen molar-refractivity contribution in [2.75, 3.05) is 33.4 Å². The Balaban J connectivity index is 0.000000199. The molecular weight excluding hydrogens is 791 g/mol. The number of carboxylic acids is 1. The maximum absolute atomic E-state index is 13.4. The fraction of sp³-hybridized carbons (Fsp3) is 0.659. The summed E-state index contributed by atoms with van der Waals surface area (Å²) in [7, 11) is -0.104. The molecule has 2 aliphatic carbocycles. The maximum atomic E-state index is 13.4. The first-order valence-corrected chi connectivity index (χ1v) is 29.9. The van der Waals surface area contributed by atoms with Gasteiger partial charge < -0.3 is 19.5 Å². The molecule has 0 radical (unpaired) electrons. The van der Waals surface area contributed by atoms with Gasteiger partial charge in [-0.3, -0.25) is 4.79 Å². The number of ether oxygens (including phenoxy) is 2. The van der Waals surface area contributed by atoms with E-state index in [0.717, 1.165) is 98.7 Å². The van der Waals surface area contributed by atoms with Gasteiger partial charge >= 0.3 is 5.97 Å². The minimum Gasteiger partial charge on any atom is -0.478 e. The van der Waals surface area contributed by atoms with E-state index in [4.69, 9.17) is 19.6 Å². The Morgan fingerprint density at radius 2 is 1.19 bits per heavy atom. The van der Waals surface area contributed by atoms with Crippen LogP contribution in [0.5, 0.6) is 0 Å². The normalized spacial score (nSPS) is 16.5. The molecule has 57 heavy (non-hydrogen) atoms. The molecule has 7 rings (SSSR count). The van der Waals surface area contributed by atoms with Gasteiger partial charge in [0, 0.05) is 57.9 Å². The van der Waals surface area contributed by atoms with Gasteiger partial charge in [-0.1, -0.05) is 39.3 Å². The first-order valence-electron chi connectivity index (χ1n) is 20.9. The summed E-state index contributed by atoms with van der Waals surface area (Å²) in [5, 5.41) is 20.4. The van der Waals surface area contributed by atoms with Crippen LogP contribution < -0.4 is 0 Å². The molecule has 1 N–H and O–H groups in total. The molecule has 3 aliphatic rings. The summed E-state index contributed by atoms with van der Waals surface area (Å²) in [6.45, 7) is 18.2. The average molecular weight is 854 g/mol. The number of thiazole rings is 2. The van der Waals surface area contributed by atoms with Crippen LogP contribution in [0.25, 0.3) is 21.4 Å². The number of carbonyl (C=O) groups excluding carboxylic acids is 1. The molecule has 0 atom stereocenters. The molecule has 312 valence electrons. The number of nitrogens with zero attached hydrogens (tertiary/aromatic N) is 7. The van der Waals surface area contributed by atoms with Gasteiger partial charge in [0.05, 0.1) is 17.0 Å². The summed E-state index contributed by atoms with van der Waals surface area (Å²) in [6, 6.07) is 2.20. The SMILES string of the molecule is CN1CCC(CC(=O)c2cn(COCC[Si](C)(C)C)nc2-c2nc3c(s2)CCCC3)CC1.C[Si](C)(C)CCOCn1cc(C(=O)O)c(-c2nc3c(s2)CCCC3)n1. The molecule has 0 bridgehead atoms. The Labute approximate surface area is 348 Å². The van der Waals surface area contributed by atoms with Crippen LogP contribution in [0.3, 0.4) is 0 Å². The van der Waals surface area contributed by atoms with Crippen LogP contribution in [0.15, 0.2) is 12.4 Å². The fourth-order valence-corrected chi connectivity index (χ4v) is 11.1. The Morgan fingerprint density at radius 1 is 0.737 bits per heavy atom. The summed E-state index contributed by atoms with van der Waals surface area (Å²) in [5.74, 6) is -0.306. The van der Waals surface area contributed by atoms with Gasteiger partial charge in [-0.2, -0.15) is 10.2 Å². The Morgan fingerprint density at radius 3 is 1.65 bits per heavy atom. The minimum absolute atomic E-state index is 0.194. The minimum atomic E-state index is -1.13. The summed E-state index contributed by atoms with van der Waals surface area (Å²) in [5.41, 5.74) is 4.47. The van der Waals surface area contributed by atoms with E-state index in [-0.39, 0.29) is 18.1 Å². The van der Waals surface area contributed by atoms with Crippen LogP contribution >= 0.6 is 22.7 Å². The summed E-state index contributed by atoms with van der Waals surface area (Å²) in [6.07, 6.45) is 15.2. The molecule has 12 nitrogen and oxygen atoms in total. The summed E-state index contributed by atoms with van der Waals surface area (Å²) < 4.78 is 15.0. The number of piperidine rings is 1. The van der Waals surface area contributed by atoms with Crippen molar-refractivity contribution in [2.45, 2.75) is 135 Å². The average Bonchev–Trinajstić information content (AvgIpc) is 3.96. The molecule has 1 fully saturated rings. The number of aromatic nitrogens is 6. The smallest absolute Gasteiger partial charge is 0.339 e. The number of Topliss-reactive ketones (excluding diaryl/α,β-unsaturated/α-hetero) is 1. The standard InChI is InChI=1S/C24H38N4O2SSi.C17H25N3O3SSi/c1-27-11-9-18(10-12-27)15-21(29)19-16-28(17-30-13-14-32(2,3)4)26-23(19)24-25-20-7-5-6-8-22(20)31-24;1-25(2,3)9-8-23-11-20-10-12(17(21)22)15(19-20)16-18-13-6-4-5-7-14(13)24-16/h16,18H,5-15,17H2,1-4H3;10H,4-9,11H2,1-3H3,(H,21,22). The first kappa shape index (κ1) is 43.7. The number of aryl methyl sites for hydroxylation is 4. The molecule has 0 unspecified atom stereocenters. The maximum Gasteiger partial charge on any atom is 0.339 e. The third kappa shape index (κ3) is 12.6. The van der Waals surface area contributed by atoms with Gasteiger partial charge in [-0.15, -0.1) is 22.7 Å². The number of fused-ring (bicyclic) bond motifs is 2. The van der Waals surface area contributed by atoms with Crippen molar-refractivity contribution in [1.29, 1.82) is 0 Å². The first-order chi connectivity index (χ1) is 27.1. The highest BCUT2D eigenvalue weighted by Crippen LogP contribution is 2.36. The zero-order valence-corrected chi connectivity index (χ0v) is 38.8. The highest BCUT2D eigenvalue weighted by molar-refractivity contribution is 7.15. The number of likely N-dealkylation sites (tertiary alicyclic amines) is 1. The van der Waals surface area contributed by atoms with E-state index in [0.29, 0.717) is 36.4 Å². The number of hydrogen-bond donors (Lipinski definition) is 1. The Kier molecular flexibility index (Phi) is 14.9. The van der Waals surface area contributed by atoms with Crippen molar-refractivity contribution >= 4 is 50.6 Å². The monoisotopic (exact) mass is 853 g/mol. The van der Waals surface area contributed by atoms with E-state index >= 15 is 0 Å². The van der Waals surface area contributed by atoms with Gasteiger partial charge in [0.15, 0.2) is 5.78 Å².